The van der Waals surface area contributed by atoms with E-state index in [4.69, 9.17) is 0 Å². The Morgan fingerprint density at radius 3 is 3.04 bits per heavy atom. The largest absolute Gasteiger partial charge is 0.324 e. The average Bonchev–Trinajstić information content (AvgIpc) is 3.25. The normalized spacial score (nSPS) is 17.6. The van der Waals surface area contributed by atoms with Gasteiger partial charge in [-0.3, -0.25) is 14.5 Å². The van der Waals surface area contributed by atoms with E-state index in [-0.39, 0.29) is 18.2 Å². The van der Waals surface area contributed by atoms with Crippen LogP contribution in [0.15, 0.2) is 29.8 Å². The van der Waals surface area contributed by atoms with Gasteiger partial charge in [0.25, 0.3) is 0 Å². The van der Waals surface area contributed by atoms with E-state index in [2.05, 4.69) is 20.5 Å². The van der Waals surface area contributed by atoms with Crippen molar-refractivity contribution >= 4 is 45.0 Å². The summed E-state index contributed by atoms with van der Waals surface area (Å²) in [7, 11) is 1.73. The van der Waals surface area contributed by atoms with E-state index in [1.54, 1.807) is 24.2 Å². The Morgan fingerprint density at radius 1 is 1.38 bits per heavy atom. The second-order valence-corrected chi connectivity index (χ2v) is 6.45. The van der Waals surface area contributed by atoms with Gasteiger partial charge in [0.05, 0.1) is 11.6 Å². The molecule has 3 heterocycles. The lowest BCUT2D eigenvalue weighted by Crippen LogP contribution is -2.28. The van der Waals surface area contributed by atoms with Gasteiger partial charge in [-0.1, -0.05) is 6.07 Å². The first-order chi connectivity index (χ1) is 11.6. The van der Waals surface area contributed by atoms with Crippen LogP contribution in [0.5, 0.6) is 0 Å². The van der Waals surface area contributed by atoms with Gasteiger partial charge in [0, 0.05) is 31.6 Å². The quantitative estimate of drug-likeness (QED) is 0.777. The summed E-state index contributed by atoms with van der Waals surface area (Å²) < 4.78 is 0. The first kappa shape index (κ1) is 14.8. The third-order valence-electron chi connectivity index (χ3n) is 3.92. The van der Waals surface area contributed by atoms with Crippen LogP contribution in [0.4, 0.5) is 10.8 Å². The zero-order valence-electron chi connectivity index (χ0n) is 12.8. The minimum absolute atomic E-state index is 0.0807. The molecule has 9 heteroatoms. The monoisotopic (exact) mass is 342 g/mol. The Morgan fingerprint density at radius 2 is 2.25 bits per heavy atom. The summed E-state index contributed by atoms with van der Waals surface area (Å²) in [4.78, 5) is 31.9. The van der Waals surface area contributed by atoms with Crippen molar-refractivity contribution in [3.05, 3.63) is 29.8 Å². The molecule has 0 saturated carbocycles. The predicted octanol–water partition coefficient (Wildman–Crippen LogP) is 1.42. The van der Waals surface area contributed by atoms with Crippen molar-refractivity contribution in [2.45, 2.75) is 6.42 Å². The maximum Gasteiger partial charge on any atom is 0.229 e. The Kier molecular flexibility index (Phi) is 3.49. The molecule has 2 amide bonds. The molecular weight excluding hydrogens is 328 g/mol. The van der Waals surface area contributed by atoms with Crippen LogP contribution in [0.2, 0.25) is 0 Å². The Labute approximate surface area is 141 Å². The lowest BCUT2D eigenvalue weighted by molar-refractivity contribution is -0.122. The Hall–Kier alpha value is -2.81. The van der Waals surface area contributed by atoms with Crippen LogP contribution in [0.25, 0.3) is 11.0 Å². The highest BCUT2D eigenvalue weighted by Gasteiger charge is 2.36. The molecule has 1 fully saturated rings. The van der Waals surface area contributed by atoms with Crippen LogP contribution >= 0.6 is 11.3 Å². The summed E-state index contributed by atoms with van der Waals surface area (Å²) >= 11 is 1.39. The van der Waals surface area contributed by atoms with Crippen molar-refractivity contribution in [1.82, 2.24) is 20.0 Å². The summed E-state index contributed by atoms with van der Waals surface area (Å²) in [5, 5.41) is 13.8. The molecule has 1 N–H and O–H groups in total. The molecule has 8 nitrogen and oxygen atoms in total. The van der Waals surface area contributed by atoms with Gasteiger partial charge in [0.2, 0.25) is 11.8 Å². The van der Waals surface area contributed by atoms with Crippen molar-refractivity contribution in [3.8, 4) is 0 Å². The van der Waals surface area contributed by atoms with Gasteiger partial charge in [0.15, 0.2) is 5.13 Å². The van der Waals surface area contributed by atoms with Crippen molar-refractivity contribution < 1.29 is 9.59 Å². The maximum absolute atomic E-state index is 12.6. The van der Waals surface area contributed by atoms with Gasteiger partial charge in [-0.15, -0.1) is 11.3 Å². The molecular formula is C15H14N6O2S. The second kappa shape index (κ2) is 5.68. The molecule has 1 atom stereocenters. The number of amides is 2. The highest BCUT2D eigenvalue weighted by atomic mass is 32.1. The van der Waals surface area contributed by atoms with Crippen molar-refractivity contribution in [2.75, 3.05) is 16.8 Å². The fraction of sp³-hybridized carbons (Fsp3) is 0.267. The Balaban J connectivity index is 1.53. The SMILES string of the molecule is Cn1nc2cccc(NC(=O)C3CC(=O)N(c4nccs4)C3)c2n1. The topological polar surface area (TPSA) is 93.0 Å². The third kappa shape index (κ3) is 2.52. The van der Waals surface area contributed by atoms with Crippen LogP contribution < -0.4 is 10.2 Å². The lowest BCUT2D eigenvalue weighted by Gasteiger charge is -2.13. The molecule has 0 aliphatic carbocycles. The summed E-state index contributed by atoms with van der Waals surface area (Å²) in [6.45, 7) is 0.342. The number of anilines is 2. The number of aryl methyl sites for hydroxylation is 1. The lowest BCUT2D eigenvalue weighted by atomic mass is 10.1. The highest BCUT2D eigenvalue weighted by Crippen LogP contribution is 2.28. The number of hydrogen-bond acceptors (Lipinski definition) is 6. The van der Waals surface area contributed by atoms with Crippen molar-refractivity contribution in [1.29, 1.82) is 0 Å². The van der Waals surface area contributed by atoms with Crippen LogP contribution in [-0.2, 0) is 16.6 Å². The Bertz CT molecular complexity index is 919. The highest BCUT2D eigenvalue weighted by molar-refractivity contribution is 7.13. The molecule has 3 aromatic rings. The van der Waals surface area contributed by atoms with E-state index in [9.17, 15) is 9.59 Å². The first-order valence-corrected chi connectivity index (χ1v) is 8.30. The van der Waals surface area contributed by atoms with E-state index in [1.165, 1.54) is 16.1 Å². The van der Waals surface area contributed by atoms with E-state index >= 15 is 0 Å². The van der Waals surface area contributed by atoms with Gasteiger partial charge < -0.3 is 5.32 Å². The molecule has 1 aromatic carbocycles. The number of nitrogens with one attached hydrogen (secondary N) is 1. The molecule has 1 aliphatic heterocycles. The number of hydrogen-bond donors (Lipinski definition) is 1. The van der Waals surface area contributed by atoms with E-state index < -0.39 is 5.92 Å². The molecule has 4 rings (SSSR count). The van der Waals surface area contributed by atoms with Crippen molar-refractivity contribution in [3.63, 3.8) is 0 Å². The van der Waals surface area contributed by atoms with E-state index in [0.29, 0.717) is 28.4 Å². The zero-order valence-corrected chi connectivity index (χ0v) is 13.7. The minimum Gasteiger partial charge on any atom is -0.324 e. The first-order valence-electron chi connectivity index (χ1n) is 7.42. The van der Waals surface area contributed by atoms with Gasteiger partial charge in [0.1, 0.15) is 11.0 Å². The molecule has 1 unspecified atom stereocenters. The van der Waals surface area contributed by atoms with E-state index in [0.717, 1.165) is 0 Å². The number of carbonyl (C=O) groups is 2. The van der Waals surface area contributed by atoms with Crippen LogP contribution in [0.1, 0.15) is 6.42 Å². The smallest absolute Gasteiger partial charge is 0.229 e. The van der Waals surface area contributed by atoms with Gasteiger partial charge in [-0.2, -0.15) is 15.0 Å². The van der Waals surface area contributed by atoms with Crippen LogP contribution in [0.3, 0.4) is 0 Å². The number of thiazole rings is 1. The summed E-state index contributed by atoms with van der Waals surface area (Å²) in [6, 6.07) is 5.43. The summed E-state index contributed by atoms with van der Waals surface area (Å²) in [5.74, 6) is -0.684. The summed E-state index contributed by atoms with van der Waals surface area (Å²) in [5.41, 5.74) is 1.95. The number of nitrogens with zero attached hydrogens (tertiary/aromatic N) is 5. The second-order valence-electron chi connectivity index (χ2n) is 5.57. The standard InChI is InChI=1S/C15H14N6O2S/c1-20-18-11-4-2-3-10(13(11)19-20)17-14(23)9-7-12(22)21(8-9)15-16-5-6-24-15/h2-6,9H,7-8H2,1H3,(H,17,23). The number of fused-ring (bicyclic) bond motifs is 1. The number of rotatable bonds is 3. The predicted molar refractivity (Wildman–Crippen MR) is 89.7 cm³/mol. The molecule has 2 aromatic heterocycles. The molecule has 0 radical (unpaired) electrons. The number of benzene rings is 1. The molecule has 0 spiro atoms. The maximum atomic E-state index is 12.6. The average molecular weight is 342 g/mol. The summed E-state index contributed by atoms with van der Waals surface area (Å²) in [6.07, 6.45) is 1.83. The van der Waals surface area contributed by atoms with Crippen molar-refractivity contribution in [2.24, 2.45) is 13.0 Å². The van der Waals surface area contributed by atoms with E-state index in [1.807, 2.05) is 17.5 Å². The third-order valence-corrected chi connectivity index (χ3v) is 4.71. The van der Waals surface area contributed by atoms with Gasteiger partial charge in [-0.05, 0) is 12.1 Å². The van der Waals surface area contributed by atoms with Crippen LogP contribution in [0, 0.1) is 5.92 Å². The molecule has 122 valence electrons. The fourth-order valence-corrected chi connectivity index (χ4v) is 3.46. The van der Waals surface area contributed by atoms with Crippen LogP contribution in [-0.4, -0.2) is 38.3 Å². The molecule has 0 bridgehead atoms. The number of carbonyl (C=O) groups excluding carboxylic acids is 2. The molecule has 24 heavy (non-hydrogen) atoms. The van der Waals surface area contributed by atoms with Gasteiger partial charge in [-0.25, -0.2) is 4.98 Å². The van der Waals surface area contributed by atoms with Gasteiger partial charge >= 0.3 is 0 Å². The zero-order chi connectivity index (χ0) is 16.7. The number of aromatic nitrogens is 4. The minimum atomic E-state index is -0.409. The fourth-order valence-electron chi connectivity index (χ4n) is 2.79. The molecule has 1 saturated heterocycles. The molecule has 1 aliphatic rings.